The van der Waals surface area contributed by atoms with Crippen LogP contribution < -0.4 is 4.74 Å². The van der Waals surface area contributed by atoms with Gasteiger partial charge in [0.25, 0.3) is 0 Å². The Kier molecular flexibility index (Phi) is 9.90. The van der Waals surface area contributed by atoms with Gasteiger partial charge in [-0.1, -0.05) is 12.1 Å². The Morgan fingerprint density at radius 1 is 0.974 bits per heavy atom. The summed E-state index contributed by atoms with van der Waals surface area (Å²) in [6.45, 7) is 5.58. The molecule has 13 nitrogen and oxygen atoms in total. The summed E-state index contributed by atoms with van der Waals surface area (Å²) in [7, 11) is 0. The van der Waals surface area contributed by atoms with E-state index >= 15 is 0 Å². The van der Waals surface area contributed by atoms with Crippen molar-refractivity contribution in [3.63, 3.8) is 0 Å². The van der Waals surface area contributed by atoms with Crippen molar-refractivity contribution in [2.24, 2.45) is 0 Å². The van der Waals surface area contributed by atoms with Crippen LogP contribution in [-0.2, 0) is 49.3 Å². The number of carbonyl (C=O) groups excluding carboxylic acids is 4. The number of hydrogen-bond acceptors (Lipinski definition) is 12. The fourth-order valence-corrected chi connectivity index (χ4v) is 4.36. The third-order valence-electron chi connectivity index (χ3n) is 5.59. The highest BCUT2D eigenvalue weighted by Gasteiger charge is 2.62. The lowest BCUT2D eigenvalue weighted by atomic mass is 9.96. The third-order valence-corrected chi connectivity index (χ3v) is 6.31. The molecule has 0 bridgehead atoms. The van der Waals surface area contributed by atoms with Crippen molar-refractivity contribution in [2.75, 3.05) is 6.61 Å². The summed E-state index contributed by atoms with van der Waals surface area (Å²) in [6, 6.07) is 7.69. The first-order chi connectivity index (χ1) is 18.3. The Hall–Kier alpha value is -3.24. The van der Waals surface area contributed by atoms with Gasteiger partial charge in [0, 0.05) is 48.9 Å². The summed E-state index contributed by atoms with van der Waals surface area (Å²) < 4.78 is 33.6. The summed E-state index contributed by atoms with van der Waals surface area (Å²) in [6.07, 6.45) is -5.97. The minimum Gasteiger partial charge on any atom is -0.463 e. The quantitative estimate of drug-likeness (QED) is 0.173. The largest absolute Gasteiger partial charge is 0.463 e. The Bertz CT molecular complexity index is 1220. The number of aliphatic hydroxyl groups is 1. The number of aryl methyl sites for hydroxylation is 1. The number of esters is 4. The van der Waals surface area contributed by atoms with Gasteiger partial charge in [-0.2, -0.15) is 0 Å². The first-order valence-electron chi connectivity index (χ1n) is 11.8. The van der Waals surface area contributed by atoms with Crippen molar-refractivity contribution in [2.45, 2.75) is 71.4 Å². The molecule has 212 valence electrons. The molecule has 2 heterocycles. The molecule has 1 aromatic heterocycles. The Morgan fingerprint density at radius 3 is 2.13 bits per heavy atom. The zero-order chi connectivity index (χ0) is 28.9. The maximum absolute atomic E-state index is 12.1. The number of benzene rings is 1. The molecule has 1 aliphatic rings. The second-order valence-electron chi connectivity index (χ2n) is 8.81. The van der Waals surface area contributed by atoms with E-state index in [1.807, 2.05) is 24.3 Å². The van der Waals surface area contributed by atoms with Crippen molar-refractivity contribution >= 4 is 46.5 Å². The molecule has 0 saturated carbocycles. The number of hydrogen-bond donors (Lipinski definition) is 2. The van der Waals surface area contributed by atoms with Gasteiger partial charge in [0.15, 0.2) is 12.2 Å². The number of H-pyrrole nitrogens is 1. The molecule has 39 heavy (non-hydrogen) atoms. The van der Waals surface area contributed by atoms with Crippen LogP contribution in [0.25, 0.3) is 0 Å². The summed E-state index contributed by atoms with van der Waals surface area (Å²) in [5, 5.41) is 18.6. The van der Waals surface area contributed by atoms with E-state index in [4.69, 9.17) is 28.4 Å². The summed E-state index contributed by atoms with van der Waals surface area (Å²) in [5.74, 6) is -6.15. The highest BCUT2D eigenvalue weighted by Crippen LogP contribution is 2.37. The molecular weight excluding hydrogens is 631 g/mol. The molecule has 1 aromatic carbocycles. The summed E-state index contributed by atoms with van der Waals surface area (Å²) in [5.41, 5.74) is 2.09. The van der Waals surface area contributed by atoms with E-state index in [1.54, 1.807) is 6.92 Å². The van der Waals surface area contributed by atoms with Crippen molar-refractivity contribution in [3.05, 3.63) is 44.7 Å². The molecule has 1 aliphatic heterocycles. The van der Waals surface area contributed by atoms with Crippen LogP contribution in [0.1, 0.15) is 44.5 Å². The van der Waals surface area contributed by atoms with Crippen molar-refractivity contribution in [3.8, 4) is 5.88 Å². The van der Waals surface area contributed by atoms with Crippen LogP contribution in [0.3, 0.4) is 0 Å². The topological polar surface area (TPSA) is 173 Å². The van der Waals surface area contributed by atoms with Crippen LogP contribution in [0.4, 0.5) is 0 Å². The fourth-order valence-electron chi connectivity index (χ4n) is 4.00. The van der Waals surface area contributed by atoms with Gasteiger partial charge < -0.3 is 33.5 Å². The zero-order valence-electron chi connectivity index (χ0n) is 21.9. The molecule has 0 amide bonds. The van der Waals surface area contributed by atoms with E-state index in [-0.39, 0.29) is 5.88 Å². The molecule has 0 aliphatic carbocycles. The van der Waals surface area contributed by atoms with Gasteiger partial charge >= 0.3 is 29.9 Å². The summed E-state index contributed by atoms with van der Waals surface area (Å²) >= 11 is 2.19. The molecule has 3 rings (SSSR count). The van der Waals surface area contributed by atoms with E-state index in [0.717, 1.165) is 36.8 Å². The Morgan fingerprint density at radius 2 is 1.56 bits per heavy atom. The standard InChI is InChI=1S/C25H29IN2O11/c1-12-19(10-17-6-8-18(26)9-7-17)24(28-27-12)39-25(33)23(37-16(5)32)22(36-15(4)31)21(35-14(3)30)20(38-25)11-34-13(2)29/h6-9,20-23,33H,10-11H2,1-5H3,(H,27,28)/t20-,21-,22+,23-,25+/m1/s1. The SMILES string of the molecule is CC(=O)OC[C@H]1O[C@](O)(Oc2n[nH]c(C)c2Cc2ccc(I)cc2)[C@H](OC(C)=O)[C@@H](OC(C)=O)[C@@H]1OC(C)=O. The number of rotatable bonds is 9. The molecule has 0 spiro atoms. The molecule has 2 aromatic rings. The molecule has 1 fully saturated rings. The lowest BCUT2D eigenvalue weighted by Gasteiger charge is -2.47. The molecule has 0 radical (unpaired) electrons. The zero-order valence-corrected chi connectivity index (χ0v) is 24.0. The molecular formula is C25H29IN2O11. The number of nitrogens with zero attached hydrogens (tertiary/aromatic N) is 1. The molecule has 5 atom stereocenters. The van der Waals surface area contributed by atoms with Crippen LogP contribution in [0, 0.1) is 10.5 Å². The number of nitrogens with one attached hydrogen (secondary N) is 1. The minimum atomic E-state index is -2.82. The van der Waals surface area contributed by atoms with Crippen molar-refractivity contribution in [1.29, 1.82) is 0 Å². The number of ether oxygens (including phenoxy) is 6. The van der Waals surface area contributed by atoms with Crippen LogP contribution in [0.15, 0.2) is 24.3 Å². The van der Waals surface area contributed by atoms with Gasteiger partial charge in [-0.05, 0) is 47.2 Å². The number of halogens is 1. The van der Waals surface area contributed by atoms with E-state index in [1.165, 1.54) is 0 Å². The highest BCUT2D eigenvalue weighted by atomic mass is 127. The predicted octanol–water partition coefficient (Wildman–Crippen LogP) is 1.70. The monoisotopic (exact) mass is 660 g/mol. The third kappa shape index (κ3) is 7.89. The van der Waals surface area contributed by atoms with E-state index in [2.05, 4.69) is 32.8 Å². The Labute approximate surface area is 237 Å². The van der Waals surface area contributed by atoms with Crippen molar-refractivity contribution in [1.82, 2.24) is 10.2 Å². The van der Waals surface area contributed by atoms with Gasteiger partial charge in [-0.25, -0.2) is 0 Å². The second-order valence-corrected chi connectivity index (χ2v) is 10.1. The molecule has 2 N–H and O–H groups in total. The molecule has 14 heteroatoms. The molecule has 1 saturated heterocycles. The Balaban J connectivity index is 2.05. The van der Waals surface area contributed by atoms with E-state index < -0.39 is 60.9 Å². The number of carbonyl (C=O) groups is 4. The van der Waals surface area contributed by atoms with E-state index in [0.29, 0.717) is 17.7 Å². The first kappa shape index (κ1) is 30.3. The lowest BCUT2D eigenvalue weighted by molar-refractivity contribution is -0.422. The van der Waals surface area contributed by atoms with Gasteiger partial charge in [-0.15, -0.1) is 5.10 Å². The van der Waals surface area contributed by atoms with Gasteiger partial charge in [-0.3, -0.25) is 24.3 Å². The average molecular weight is 660 g/mol. The van der Waals surface area contributed by atoms with Gasteiger partial charge in [0.05, 0.1) is 0 Å². The maximum Gasteiger partial charge on any atom is 0.369 e. The van der Waals surface area contributed by atoms with Crippen LogP contribution in [-0.4, -0.2) is 76.2 Å². The van der Waals surface area contributed by atoms with Crippen LogP contribution in [0.2, 0.25) is 0 Å². The highest BCUT2D eigenvalue weighted by molar-refractivity contribution is 14.1. The van der Waals surface area contributed by atoms with Crippen LogP contribution >= 0.6 is 22.6 Å². The average Bonchev–Trinajstić information content (AvgIpc) is 3.16. The van der Waals surface area contributed by atoms with Crippen LogP contribution in [0.5, 0.6) is 5.88 Å². The van der Waals surface area contributed by atoms with Gasteiger partial charge in [0.2, 0.25) is 12.0 Å². The molecule has 0 unspecified atom stereocenters. The number of aromatic amines is 1. The summed E-state index contributed by atoms with van der Waals surface area (Å²) in [4.78, 5) is 47.5. The van der Waals surface area contributed by atoms with E-state index in [9.17, 15) is 24.3 Å². The smallest absolute Gasteiger partial charge is 0.369 e. The van der Waals surface area contributed by atoms with Gasteiger partial charge in [0.1, 0.15) is 12.7 Å². The number of aromatic nitrogens is 2. The predicted molar refractivity (Wildman–Crippen MR) is 139 cm³/mol. The normalized spacial score (nSPS) is 24.4. The second kappa shape index (κ2) is 12.7. The van der Waals surface area contributed by atoms with Crippen molar-refractivity contribution < 1.29 is 52.7 Å². The minimum absolute atomic E-state index is 0.0931. The first-order valence-corrected chi connectivity index (χ1v) is 12.9. The lowest BCUT2D eigenvalue weighted by Crippen LogP contribution is -2.70. The fraction of sp³-hybridized carbons (Fsp3) is 0.480. The maximum atomic E-state index is 12.1.